The molecule has 0 aromatic heterocycles. The largest absolute Gasteiger partial charge is 0.511 e. The van der Waals surface area contributed by atoms with Crippen molar-refractivity contribution in [3.05, 3.63) is 34.6 Å². The zero-order valence-corrected chi connectivity index (χ0v) is 48.2. The number of aliphatic hydroxyl groups is 1. The second kappa shape index (κ2) is 16.7. The quantitative estimate of drug-likeness (QED) is 0.262. The number of Topliss-reactive ketones (excluding diaryl/α,β-unsaturated/α-hetero) is 1. The van der Waals surface area contributed by atoms with Crippen LogP contribution in [0.3, 0.4) is 0 Å². The molecule has 10 nitrogen and oxygen atoms in total. The van der Waals surface area contributed by atoms with E-state index in [1.165, 1.54) is 25.4 Å². The van der Waals surface area contributed by atoms with Crippen LogP contribution in [0.5, 0.6) is 0 Å². The Bertz CT molecular complexity index is 2680. The Balaban J connectivity index is 0.000000182. The lowest BCUT2D eigenvalue weighted by Crippen LogP contribution is -2.65. The fraction of sp³-hybridized carbons (Fsp3) is 0.797. The van der Waals surface area contributed by atoms with Crippen LogP contribution in [0.2, 0.25) is 0 Å². The molecule has 0 saturated heterocycles. The van der Waals surface area contributed by atoms with E-state index in [9.17, 15) is 39.6 Å². The molecule has 74 heavy (non-hydrogen) atoms. The monoisotopic (exact) mass is 1010 g/mol. The fourth-order valence-electron chi connectivity index (χ4n) is 21.1. The van der Waals surface area contributed by atoms with Gasteiger partial charge >= 0.3 is 11.9 Å². The van der Waals surface area contributed by atoms with Crippen molar-refractivity contribution in [3.8, 4) is 12.1 Å². The Kier molecular flexibility index (Phi) is 12.4. The van der Waals surface area contributed by atoms with Gasteiger partial charge in [0.15, 0.2) is 17.3 Å². The minimum atomic E-state index is -0.631. The van der Waals surface area contributed by atoms with E-state index < -0.39 is 27.6 Å². The van der Waals surface area contributed by atoms with Gasteiger partial charge in [0, 0.05) is 22.7 Å². The number of hydrogen-bond acceptors (Lipinski definition) is 10. The molecule has 10 rings (SSSR count). The third-order valence-corrected chi connectivity index (χ3v) is 26.2. The maximum atomic E-state index is 14.4. The number of ketones is 3. The van der Waals surface area contributed by atoms with Crippen LogP contribution < -0.4 is 0 Å². The number of methoxy groups -OCH3 is 2. The first-order valence-electron chi connectivity index (χ1n) is 28.5. The van der Waals surface area contributed by atoms with Crippen molar-refractivity contribution >= 4 is 29.3 Å². The summed E-state index contributed by atoms with van der Waals surface area (Å²) in [4.78, 5) is 67.7. The lowest BCUT2D eigenvalue weighted by atomic mass is 9.33. The van der Waals surface area contributed by atoms with Crippen molar-refractivity contribution in [2.45, 2.75) is 200 Å². The molecule has 1 unspecified atom stereocenters. The second-order valence-corrected chi connectivity index (χ2v) is 30.2. The van der Waals surface area contributed by atoms with Crippen molar-refractivity contribution in [2.75, 3.05) is 14.2 Å². The molecule has 1 N–H and O–H groups in total. The molecule has 0 aliphatic heterocycles. The van der Waals surface area contributed by atoms with E-state index in [0.717, 1.165) is 77.0 Å². The Labute approximate surface area is 443 Å². The maximum absolute atomic E-state index is 14.4. The number of nitriles is 2. The molecule has 0 spiro atoms. The topological polar surface area (TPSA) is 172 Å². The Hall–Kier alpha value is -4.05. The Morgan fingerprint density at radius 3 is 1.38 bits per heavy atom. The molecular weight excluding hydrogens is 925 g/mol. The van der Waals surface area contributed by atoms with Crippen molar-refractivity contribution in [1.29, 1.82) is 10.5 Å². The van der Waals surface area contributed by atoms with Crippen LogP contribution in [0.4, 0.5) is 0 Å². The number of hydrogen-bond donors (Lipinski definition) is 1. The summed E-state index contributed by atoms with van der Waals surface area (Å²) in [5.74, 6) is 0.0529. The molecule has 10 heteroatoms. The average molecular weight is 1020 g/mol. The highest BCUT2D eigenvalue weighted by atomic mass is 16.5. The van der Waals surface area contributed by atoms with Gasteiger partial charge in [-0.05, 0) is 196 Å². The molecule has 0 heterocycles. The van der Waals surface area contributed by atoms with Crippen LogP contribution in [0.25, 0.3) is 0 Å². The molecule has 0 aromatic rings. The van der Waals surface area contributed by atoms with Crippen LogP contribution in [-0.4, -0.2) is 48.6 Å². The first kappa shape index (κ1) is 54.7. The number of carbonyl (C=O) groups is 5. The summed E-state index contributed by atoms with van der Waals surface area (Å²) in [6.45, 7) is 30.8. The van der Waals surface area contributed by atoms with E-state index in [-0.39, 0.29) is 114 Å². The number of aliphatic hydroxyl groups excluding tert-OH is 1. The lowest BCUT2D eigenvalue weighted by molar-refractivity contribution is -0.182. The van der Waals surface area contributed by atoms with Gasteiger partial charge in [0.05, 0.1) is 42.8 Å². The normalized spacial score (nSPS) is 49.4. The van der Waals surface area contributed by atoms with Crippen LogP contribution >= 0.6 is 0 Å². The molecule has 404 valence electrons. The zero-order chi connectivity index (χ0) is 54.8. The molecule has 0 amide bonds. The summed E-state index contributed by atoms with van der Waals surface area (Å²) in [5.41, 5.74) is -0.802. The number of ether oxygens (including phenoxy) is 2. The molecule has 7 saturated carbocycles. The summed E-state index contributed by atoms with van der Waals surface area (Å²) in [6, 6.07) is 4.61. The van der Waals surface area contributed by atoms with E-state index in [1.807, 2.05) is 39.8 Å². The average Bonchev–Trinajstić information content (AvgIpc) is 3.33. The SMILES string of the molecule is COC(=O)[C@@]1(C)CC[C@]2(C)CC[C@]3(C)[C@H](C(=O)C=C4[C@@]5(C)CC(C#N)=C(O)C(C)(C)[C@@H]5CC[C@]43C)[C@@H]2C1.COC(=O)[C@@]1(C)CC[C@]2(C)CC[C@]3(C)[C@H](C(=O)C=C4[C@@]5(C)CC(C#N)C(=O)C(C)(C)[C@@H]5CC[C@]43C)[C@@H]2C1. The van der Waals surface area contributed by atoms with Crippen molar-refractivity contribution < 1.29 is 38.6 Å². The number of rotatable bonds is 2. The predicted molar refractivity (Wildman–Crippen MR) is 283 cm³/mol. The number of allylic oxidation sites excluding steroid dienone is 6. The van der Waals surface area contributed by atoms with E-state index in [2.05, 4.69) is 81.4 Å². The second-order valence-electron chi connectivity index (χ2n) is 30.2. The first-order chi connectivity index (χ1) is 34.1. The van der Waals surface area contributed by atoms with Gasteiger partial charge in [-0.25, -0.2) is 0 Å². The number of carbonyl (C=O) groups excluding carboxylic acids is 5. The number of fused-ring (bicyclic) bond motifs is 14. The number of esters is 2. The lowest BCUT2D eigenvalue weighted by Gasteiger charge is -2.69. The highest BCUT2D eigenvalue weighted by Crippen LogP contribution is 2.77. The van der Waals surface area contributed by atoms with Gasteiger partial charge in [0.2, 0.25) is 0 Å². The smallest absolute Gasteiger partial charge is 0.311 e. The highest BCUT2D eigenvalue weighted by Gasteiger charge is 2.72. The van der Waals surface area contributed by atoms with E-state index in [0.29, 0.717) is 31.3 Å². The Morgan fingerprint density at radius 1 is 0.568 bits per heavy atom. The summed E-state index contributed by atoms with van der Waals surface area (Å²) in [5, 5.41) is 30.9. The summed E-state index contributed by atoms with van der Waals surface area (Å²) in [7, 11) is 2.94. The molecule has 0 bridgehead atoms. The third-order valence-electron chi connectivity index (χ3n) is 26.2. The summed E-state index contributed by atoms with van der Waals surface area (Å²) in [6.07, 6.45) is 17.7. The first-order valence-corrected chi connectivity index (χ1v) is 28.5. The molecular formula is C64H90N2O8. The van der Waals surface area contributed by atoms with E-state index >= 15 is 0 Å². The molecule has 7 fully saturated rings. The molecule has 0 radical (unpaired) electrons. The van der Waals surface area contributed by atoms with Gasteiger partial charge in [-0.2, -0.15) is 10.5 Å². The van der Waals surface area contributed by atoms with Crippen molar-refractivity contribution in [2.24, 2.45) is 106 Å². The zero-order valence-electron chi connectivity index (χ0n) is 48.2. The van der Waals surface area contributed by atoms with Gasteiger partial charge in [-0.15, -0.1) is 0 Å². The summed E-state index contributed by atoms with van der Waals surface area (Å²) >= 11 is 0. The van der Waals surface area contributed by atoms with Gasteiger partial charge in [0.25, 0.3) is 0 Å². The van der Waals surface area contributed by atoms with Crippen molar-refractivity contribution in [1.82, 2.24) is 0 Å². The van der Waals surface area contributed by atoms with Crippen molar-refractivity contribution in [3.63, 3.8) is 0 Å². The van der Waals surface area contributed by atoms with E-state index in [4.69, 9.17) is 9.47 Å². The number of nitrogens with zero attached hydrogens (tertiary/aromatic N) is 2. The minimum Gasteiger partial charge on any atom is -0.511 e. The molecule has 0 aromatic carbocycles. The molecule has 10 aliphatic rings. The van der Waals surface area contributed by atoms with Gasteiger partial charge in [0.1, 0.15) is 11.7 Å². The third kappa shape index (κ3) is 6.91. The van der Waals surface area contributed by atoms with Crippen LogP contribution in [0, 0.1) is 129 Å². The minimum absolute atomic E-state index is 0.0430. The van der Waals surface area contributed by atoms with Crippen LogP contribution in [0.15, 0.2) is 34.6 Å². The Morgan fingerprint density at radius 2 is 0.973 bits per heavy atom. The maximum Gasteiger partial charge on any atom is 0.311 e. The highest BCUT2D eigenvalue weighted by molar-refractivity contribution is 5.97. The van der Waals surface area contributed by atoms with Gasteiger partial charge < -0.3 is 14.6 Å². The van der Waals surface area contributed by atoms with Crippen LogP contribution in [0.1, 0.15) is 200 Å². The standard InChI is InChI=1S/2C32H45NO4/c2*1-27(2)22-9-10-31(6)23(30(22,5)16-19(18-33)25(27)35)15-21(34)24-20-17-29(4,26(36)37-8)12-11-28(20,3)13-14-32(24,31)7/h15,20,22,24,35H,9-14,16-17H2,1-8H3;15,19-20,22,24H,9-14,16-17H2,1-8H3/t20-,22-,24-,28+,29-,30-,31+,32+;19?,20-,22-,24-,28+,29-,30-,31+,32+/m00/s1. The van der Waals surface area contributed by atoms with E-state index in [1.54, 1.807) is 0 Å². The van der Waals surface area contributed by atoms with Gasteiger partial charge in [-0.3, -0.25) is 24.0 Å². The van der Waals surface area contributed by atoms with Crippen LogP contribution in [-0.2, 0) is 33.4 Å². The van der Waals surface area contributed by atoms with Gasteiger partial charge in [-0.1, -0.05) is 94.2 Å². The molecule has 17 atom stereocenters. The molecule has 10 aliphatic carbocycles. The summed E-state index contributed by atoms with van der Waals surface area (Å²) < 4.78 is 10.5. The predicted octanol–water partition coefficient (Wildman–Crippen LogP) is 13.5. The fourth-order valence-corrected chi connectivity index (χ4v) is 21.1.